The predicted octanol–water partition coefficient (Wildman–Crippen LogP) is 27.4. The molecule has 0 aliphatic carbocycles. The highest BCUT2D eigenvalue weighted by molar-refractivity contribution is 7.47. The van der Waals surface area contributed by atoms with E-state index in [2.05, 4.69) is 41.5 Å². The molecule has 0 aromatic carbocycles. The van der Waals surface area contributed by atoms with Crippen molar-refractivity contribution in [2.45, 2.75) is 496 Å². The molecule has 3 unspecified atom stereocenters. The van der Waals surface area contributed by atoms with Crippen molar-refractivity contribution in [2.24, 2.45) is 11.8 Å². The topological polar surface area (TPSA) is 237 Å². The van der Waals surface area contributed by atoms with Crippen LogP contribution in [-0.2, 0) is 65.4 Å². The van der Waals surface area contributed by atoms with E-state index < -0.39 is 97.5 Å². The van der Waals surface area contributed by atoms with Gasteiger partial charge in [-0.3, -0.25) is 37.3 Å². The van der Waals surface area contributed by atoms with Gasteiger partial charge in [-0.15, -0.1) is 0 Å². The Hall–Kier alpha value is -1.94. The number of aliphatic hydroxyl groups is 1. The molecular weight excluding hydrogens is 1400 g/mol. The molecule has 642 valence electrons. The van der Waals surface area contributed by atoms with E-state index in [4.69, 9.17) is 37.0 Å². The number of aliphatic hydroxyl groups excluding tert-OH is 1. The van der Waals surface area contributed by atoms with Gasteiger partial charge in [-0.25, -0.2) is 9.13 Å². The van der Waals surface area contributed by atoms with Crippen molar-refractivity contribution < 1.29 is 80.2 Å². The van der Waals surface area contributed by atoms with Crippen LogP contribution in [-0.4, -0.2) is 96.7 Å². The average Bonchev–Trinajstić information content (AvgIpc) is 0.899. The van der Waals surface area contributed by atoms with Gasteiger partial charge in [-0.2, -0.15) is 0 Å². The SMILES string of the molecule is CCCCCCCCCCCCCCCCCCCCCCCCC(=O)O[C@H](COC(=O)CCCCCCCCCCCCCCCCC(C)CC)COP(=O)(O)OC[C@@H](O)COP(=O)(O)OC[C@@H](COC(=O)CCCCCCCCCCCC(C)C)OC(=O)CCCCCCCCCCCCCCCCCC. The highest BCUT2D eigenvalue weighted by Gasteiger charge is 2.31. The lowest BCUT2D eigenvalue weighted by Crippen LogP contribution is -2.30. The molecule has 0 aromatic heterocycles. The molecule has 0 rings (SSSR count). The summed E-state index contributed by atoms with van der Waals surface area (Å²) < 4.78 is 69.0. The lowest BCUT2D eigenvalue weighted by molar-refractivity contribution is -0.161. The van der Waals surface area contributed by atoms with Crippen LogP contribution < -0.4 is 0 Å². The fraction of sp³-hybridized carbons (Fsp3) is 0.955. The van der Waals surface area contributed by atoms with E-state index in [9.17, 15) is 43.2 Å². The lowest BCUT2D eigenvalue weighted by atomic mass is 9.99. The van der Waals surface area contributed by atoms with Crippen molar-refractivity contribution in [1.29, 1.82) is 0 Å². The van der Waals surface area contributed by atoms with Crippen LogP contribution in [0, 0.1) is 11.8 Å². The second-order valence-corrected chi connectivity index (χ2v) is 35.6. The molecule has 0 heterocycles. The van der Waals surface area contributed by atoms with E-state index >= 15 is 0 Å². The van der Waals surface area contributed by atoms with E-state index in [0.29, 0.717) is 25.7 Å². The molecule has 0 fully saturated rings. The monoisotopic (exact) mass is 1580 g/mol. The van der Waals surface area contributed by atoms with Gasteiger partial charge in [0.25, 0.3) is 0 Å². The zero-order valence-corrected chi connectivity index (χ0v) is 73.0. The molecule has 0 spiro atoms. The molecule has 0 bridgehead atoms. The predicted molar refractivity (Wildman–Crippen MR) is 446 cm³/mol. The zero-order chi connectivity index (χ0) is 79.2. The molecule has 6 atom stereocenters. The summed E-state index contributed by atoms with van der Waals surface area (Å²) in [6, 6.07) is 0. The van der Waals surface area contributed by atoms with E-state index in [-0.39, 0.29) is 25.7 Å². The average molecular weight is 1580 g/mol. The number of carbonyl (C=O) groups is 4. The van der Waals surface area contributed by atoms with E-state index in [1.807, 2.05) is 0 Å². The standard InChI is InChI=1S/C89H174O17P2/c1-7-10-12-14-16-18-20-22-24-26-27-28-29-30-31-33-39-43-49-56-62-68-74-88(93)105-84(77-99-86(91)71-65-59-53-47-41-37-35-34-36-40-46-52-58-64-70-82(6)9-3)79-103-107(95,96)101-75-83(90)76-102-108(97,98)104-80-85(78-100-87(92)72-66-60-54-50-44-45-51-57-63-69-81(4)5)106-89(94)73-67-61-55-48-42-38-32-25-23-21-19-17-15-13-11-8-2/h81-85,90H,7-80H2,1-6H3,(H,95,96)(H,97,98)/t82?,83-,84-,85-/m1/s1. The number of unbranched alkanes of at least 4 members (excludes halogenated alkanes) is 57. The molecule has 0 saturated heterocycles. The largest absolute Gasteiger partial charge is 0.472 e. The quantitative estimate of drug-likeness (QED) is 0.0222. The molecule has 0 aliphatic heterocycles. The van der Waals surface area contributed by atoms with Crippen molar-refractivity contribution in [3.63, 3.8) is 0 Å². The summed E-state index contributed by atoms with van der Waals surface area (Å²) in [6.45, 7) is 9.73. The van der Waals surface area contributed by atoms with Crippen LogP contribution in [0.1, 0.15) is 478 Å². The highest BCUT2D eigenvalue weighted by Crippen LogP contribution is 2.45. The van der Waals surface area contributed by atoms with Crippen LogP contribution in [0.2, 0.25) is 0 Å². The number of carbonyl (C=O) groups excluding carboxylic acids is 4. The van der Waals surface area contributed by atoms with Crippen molar-refractivity contribution in [1.82, 2.24) is 0 Å². The third-order valence-corrected chi connectivity index (χ3v) is 23.2. The summed E-state index contributed by atoms with van der Waals surface area (Å²) in [7, 11) is -9.93. The summed E-state index contributed by atoms with van der Waals surface area (Å²) in [4.78, 5) is 73.4. The number of ether oxygens (including phenoxy) is 4. The number of hydrogen-bond donors (Lipinski definition) is 3. The van der Waals surface area contributed by atoms with Crippen molar-refractivity contribution in [3.8, 4) is 0 Å². The van der Waals surface area contributed by atoms with Gasteiger partial charge in [-0.1, -0.05) is 427 Å². The molecule has 0 saturated carbocycles. The second kappa shape index (κ2) is 80.3. The van der Waals surface area contributed by atoms with Crippen molar-refractivity contribution in [3.05, 3.63) is 0 Å². The summed E-state index contributed by atoms with van der Waals surface area (Å²) in [5.74, 6) is -0.504. The fourth-order valence-corrected chi connectivity index (χ4v) is 15.5. The maximum Gasteiger partial charge on any atom is 0.472 e. The molecule has 0 aromatic rings. The van der Waals surface area contributed by atoms with E-state index in [0.717, 1.165) is 102 Å². The Balaban J connectivity index is 5.25. The first-order chi connectivity index (χ1) is 52.4. The molecule has 0 aliphatic rings. The first-order valence-electron chi connectivity index (χ1n) is 46.0. The van der Waals surface area contributed by atoms with Gasteiger partial charge in [0.15, 0.2) is 12.2 Å². The lowest BCUT2D eigenvalue weighted by Gasteiger charge is -2.21. The summed E-state index contributed by atoms with van der Waals surface area (Å²) in [5, 5.41) is 10.7. The Bertz CT molecular complexity index is 2070. The zero-order valence-electron chi connectivity index (χ0n) is 71.2. The molecule has 3 N–H and O–H groups in total. The molecule has 17 nitrogen and oxygen atoms in total. The molecular formula is C89H174O17P2. The van der Waals surface area contributed by atoms with Gasteiger partial charge in [0, 0.05) is 25.7 Å². The summed E-state index contributed by atoms with van der Waals surface area (Å²) >= 11 is 0. The Morgan fingerprint density at radius 1 is 0.269 bits per heavy atom. The van der Waals surface area contributed by atoms with Gasteiger partial charge < -0.3 is 33.8 Å². The van der Waals surface area contributed by atoms with E-state index in [1.54, 1.807) is 0 Å². The second-order valence-electron chi connectivity index (χ2n) is 32.7. The fourth-order valence-electron chi connectivity index (χ4n) is 13.9. The number of hydrogen-bond acceptors (Lipinski definition) is 15. The minimum Gasteiger partial charge on any atom is -0.462 e. The first kappa shape index (κ1) is 106. The number of phosphoric ester groups is 2. The van der Waals surface area contributed by atoms with E-state index in [1.165, 1.54) is 295 Å². The van der Waals surface area contributed by atoms with Gasteiger partial charge in [0.05, 0.1) is 26.4 Å². The molecule has 19 heteroatoms. The normalized spacial score (nSPS) is 14.0. The van der Waals surface area contributed by atoms with Crippen LogP contribution >= 0.6 is 15.6 Å². The van der Waals surface area contributed by atoms with Gasteiger partial charge >= 0.3 is 39.5 Å². The summed E-state index contributed by atoms with van der Waals surface area (Å²) in [5.41, 5.74) is 0. The first-order valence-corrected chi connectivity index (χ1v) is 49.0. The Labute approximate surface area is 664 Å². The maximum absolute atomic E-state index is 13.2. The van der Waals surface area contributed by atoms with Crippen LogP contribution in [0.4, 0.5) is 0 Å². The summed E-state index contributed by atoms with van der Waals surface area (Å²) in [6.07, 6.45) is 73.6. The number of phosphoric acid groups is 2. The van der Waals surface area contributed by atoms with Crippen LogP contribution in [0.15, 0.2) is 0 Å². The minimum atomic E-state index is -4.97. The smallest absolute Gasteiger partial charge is 0.462 e. The van der Waals surface area contributed by atoms with Gasteiger partial charge in [-0.05, 0) is 37.5 Å². The van der Waals surface area contributed by atoms with Crippen molar-refractivity contribution >= 4 is 39.5 Å². The number of esters is 4. The Morgan fingerprint density at radius 2 is 0.472 bits per heavy atom. The molecule has 108 heavy (non-hydrogen) atoms. The van der Waals surface area contributed by atoms with Crippen LogP contribution in [0.3, 0.4) is 0 Å². The van der Waals surface area contributed by atoms with Gasteiger partial charge in [0.2, 0.25) is 0 Å². The van der Waals surface area contributed by atoms with Crippen LogP contribution in [0.5, 0.6) is 0 Å². The molecule has 0 amide bonds. The minimum absolute atomic E-state index is 0.108. The highest BCUT2D eigenvalue weighted by atomic mass is 31.2. The molecule has 0 radical (unpaired) electrons. The third kappa shape index (κ3) is 80.7. The Kier molecular flexibility index (Phi) is 78.8. The Morgan fingerprint density at radius 3 is 0.704 bits per heavy atom. The van der Waals surface area contributed by atoms with Gasteiger partial charge in [0.1, 0.15) is 19.3 Å². The van der Waals surface area contributed by atoms with Crippen LogP contribution in [0.25, 0.3) is 0 Å². The number of rotatable bonds is 88. The third-order valence-electron chi connectivity index (χ3n) is 21.3. The van der Waals surface area contributed by atoms with Crippen molar-refractivity contribution in [2.75, 3.05) is 39.6 Å². The maximum atomic E-state index is 13.2.